The van der Waals surface area contributed by atoms with Gasteiger partial charge in [-0.05, 0) is 68.6 Å². The zero-order valence-electron chi connectivity index (χ0n) is 18.9. The minimum absolute atomic E-state index is 0.0563. The molecule has 1 saturated heterocycles. The van der Waals surface area contributed by atoms with Gasteiger partial charge in [0.1, 0.15) is 22.8 Å². The summed E-state index contributed by atoms with van der Waals surface area (Å²) in [6.45, 7) is 4.61. The zero-order chi connectivity index (χ0) is 23.5. The minimum Gasteiger partial charge on any atom is -0.340 e. The summed E-state index contributed by atoms with van der Waals surface area (Å²) in [5, 5.41) is 4.28. The number of halogens is 2. The third kappa shape index (κ3) is 5.09. The van der Waals surface area contributed by atoms with Gasteiger partial charge < -0.3 is 15.1 Å². The number of nitrogens with one attached hydrogen (secondary N) is 1. The highest BCUT2D eigenvalue weighted by molar-refractivity contribution is 7.19. The Labute approximate surface area is 207 Å². The van der Waals surface area contributed by atoms with Crippen LogP contribution in [0.4, 0.5) is 15.9 Å². The molecule has 1 amide bonds. The number of carbonyl (C=O) groups excluding carboxylic acids is 1. The Hall–Kier alpha value is -2.55. The second kappa shape index (κ2) is 10.4. The van der Waals surface area contributed by atoms with Crippen LogP contribution in [-0.2, 0) is 17.8 Å². The van der Waals surface area contributed by atoms with Gasteiger partial charge in [0.2, 0.25) is 5.91 Å². The van der Waals surface area contributed by atoms with Crippen LogP contribution in [0.5, 0.6) is 0 Å². The van der Waals surface area contributed by atoms with Gasteiger partial charge in [-0.1, -0.05) is 24.1 Å². The molecule has 5 rings (SSSR count). The number of likely N-dealkylation sites (tertiary alicyclic amines) is 1. The van der Waals surface area contributed by atoms with Crippen LogP contribution in [-0.4, -0.2) is 51.9 Å². The minimum atomic E-state index is -0.460. The number of piperidine rings is 1. The van der Waals surface area contributed by atoms with E-state index in [0.717, 1.165) is 34.5 Å². The molecule has 0 spiro atoms. The number of thiophene rings is 1. The Morgan fingerprint density at radius 3 is 2.88 bits per heavy atom. The predicted molar refractivity (Wildman–Crippen MR) is 135 cm³/mol. The molecule has 6 nitrogen and oxygen atoms in total. The standard InChI is InChI=1S/C25H27ClFN5OS/c26-19-14-17(7-8-20(19)27)30-24-23-18-9-13-32(15-21(18)34-25(23)29-16-28-24)22(33)6-2-5-12-31-10-3-1-4-11-31/h2,6-8,14,16H,1,3-5,9-13,15H2,(H,28,29,30)/b6-2+. The Kier molecular flexibility index (Phi) is 7.08. The van der Waals surface area contributed by atoms with Crippen molar-refractivity contribution in [2.24, 2.45) is 0 Å². The molecule has 1 fully saturated rings. The van der Waals surface area contributed by atoms with Gasteiger partial charge in [0, 0.05) is 23.7 Å². The highest BCUT2D eigenvalue weighted by Crippen LogP contribution is 2.38. The third-order valence-electron chi connectivity index (χ3n) is 6.45. The third-order valence-corrected chi connectivity index (χ3v) is 7.87. The zero-order valence-corrected chi connectivity index (χ0v) is 20.5. The predicted octanol–water partition coefficient (Wildman–Crippen LogP) is 5.54. The van der Waals surface area contributed by atoms with Crippen LogP contribution in [0.15, 0.2) is 36.7 Å². The highest BCUT2D eigenvalue weighted by atomic mass is 35.5. The molecule has 3 aromatic rings. The summed E-state index contributed by atoms with van der Waals surface area (Å²) in [4.78, 5) is 28.1. The number of anilines is 2. The molecule has 2 aliphatic rings. The number of hydrogen-bond acceptors (Lipinski definition) is 6. The van der Waals surface area contributed by atoms with E-state index < -0.39 is 5.82 Å². The van der Waals surface area contributed by atoms with Gasteiger partial charge in [-0.15, -0.1) is 11.3 Å². The van der Waals surface area contributed by atoms with Crippen molar-refractivity contribution in [3.05, 3.63) is 58.0 Å². The smallest absolute Gasteiger partial charge is 0.246 e. The molecule has 0 bridgehead atoms. The maximum atomic E-state index is 13.5. The topological polar surface area (TPSA) is 61.4 Å². The Morgan fingerprint density at radius 2 is 2.06 bits per heavy atom. The van der Waals surface area contributed by atoms with Crippen LogP contribution in [0.1, 0.15) is 36.1 Å². The van der Waals surface area contributed by atoms with Gasteiger partial charge in [-0.2, -0.15) is 0 Å². The average Bonchev–Trinajstić information content (AvgIpc) is 3.23. The van der Waals surface area contributed by atoms with E-state index in [-0.39, 0.29) is 10.9 Å². The lowest BCUT2D eigenvalue weighted by Gasteiger charge is -2.26. The Balaban J connectivity index is 1.27. The molecule has 9 heteroatoms. The van der Waals surface area contributed by atoms with Crippen molar-refractivity contribution < 1.29 is 9.18 Å². The number of aromatic nitrogens is 2. The Morgan fingerprint density at radius 1 is 1.21 bits per heavy atom. The summed E-state index contributed by atoms with van der Waals surface area (Å²) in [5.74, 6) is 0.271. The summed E-state index contributed by atoms with van der Waals surface area (Å²) in [6.07, 6.45) is 10.8. The molecular weight excluding hydrogens is 473 g/mol. The summed E-state index contributed by atoms with van der Waals surface area (Å²) < 4.78 is 13.5. The average molecular weight is 500 g/mol. The van der Waals surface area contributed by atoms with Crippen molar-refractivity contribution >= 4 is 50.6 Å². The van der Waals surface area contributed by atoms with Gasteiger partial charge in [-0.3, -0.25) is 4.79 Å². The van der Waals surface area contributed by atoms with Gasteiger partial charge in [0.15, 0.2) is 0 Å². The summed E-state index contributed by atoms with van der Waals surface area (Å²) >= 11 is 7.53. The molecule has 34 heavy (non-hydrogen) atoms. The first-order valence-corrected chi connectivity index (χ1v) is 12.9. The molecule has 1 N–H and O–H groups in total. The van der Waals surface area contributed by atoms with E-state index in [9.17, 15) is 9.18 Å². The van der Waals surface area contributed by atoms with E-state index in [1.54, 1.807) is 29.5 Å². The SMILES string of the molecule is O=C(/C=C/CCN1CCCCC1)N1CCc2c(sc3ncnc(Nc4ccc(F)c(Cl)c4)c23)C1. The van der Waals surface area contributed by atoms with Crippen LogP contribution < -0.4 is 5.32 Å². The molecule has 0 radical (unpaired) electrons. The number of benzene rings is 1. The van der Waals surface area contributed by atoms with E-state index >= 15 is 0 Å². The molecule has 2 aliphatic heterocycles. The number of fused-ring (bicyclic) bond motifs is 3. The van der Waals surface area contributed by atoms with Gasteiger partial charge >= 0.3 is 0 Å². The van der Waals surface area contributed by atoms with Crippen LogP contribution in [0, 0.1) is 5.82 Å². The fourth-order valence-corrected chi connectivity index (χ4v) is 6.03. The number of nitrogens with zero attached hydrogens (tertiary/aromatic N) is 4. The van der Waals surface area contributed by atoms with Crippen molar-refractivity contribution in [2.75, 3.05) is 31.5 Å². The maximum absolute atomic E-state index is 13.5. The Bertz CT molecular complexity index is 1220. The van der Waals surface area contributed by atoms with Crippen molar-refractivity contribution in [1.82, 2.24) is 19.8 Å². The fraction of sp³-hybridized carbons (Fsp3) is 0.400. The van der Waals surface area contributed by atoms with Gasteiger partial charge in [0.05, 0.1) is 17.0 Å². The number of rotatable bonds is 6. The summed E-state index contributed by atoms with van der Waals surface area (Å²) in [6, 6.07) is 4.50. The van der Waals surface area contributed by atoms with Crippen LogP contribution in [0.25, 0.3) is 10.2 Å². The molecule has 0 unspecified atom stereocenters. The number of carbonyl (C=O) groups is 1. The molecule has 0 saturated carbocycles. The molecular formula is C25H27ClFN5OS. The lowest BCUT2D eigenvalue weighted by Crippen LogP contribution is -2.34. The second-order valence-electron chi connectivity index (χ2n) is 8.76. The molecule has 178 valence electrons. The fourth-order valence-electron chi connectivity index (χ4n) is 4.65. The van der Waals surface area contributed by atoms with Gasteiger partial charge in [0.25, 0.3) is 0 Å². The summed E-state index contributed by atoms with van der Waals surface area (Å²) in [5.41, 5.74) is 1.84. The monoisotopic (exact) mass is 499 g/mol. The van der Waals surface area contributed by atoms with E-state index in [1.807, 2.05) is 11.0 Å². The van der Waals surface area contributed by atoms with Crippen LogP contribution in [0.2, 0.25) is 5.02 Å². The van der Waals surface area contributed by atoms with Crippen LogP contribution >= 0.6 is 22.9 Å². The summed E-state index contributed by atoms with van der Waals surface area (Å²) in [7, 11) is 0. The molecule has 0 aliphatic carbocycles. The van der Waals surface area contributed by atoms with E-state index in [4.69, 9.17) is 11.6 Å². The largest absolute Gasteiger partial charge is 0.340 e. The van der Waals surface area contributed by atoms with Crippen molar-refractivity contribution in [1.29, 1.82) is 0 Å². The van der Waals surface area contributed by atoms with Gasteiger partial charge in [-0.25, -0.2) is 14.4 Å². The maximum Gasteiger partial charge on any atom is 0.246 e. The first-order chi connectivity index (χ1) is 16.6. The number of hydrogen-bond donors (Lipinski definition) is 1. The molecule has 2 aromatic heterocycles. The quantitative estimate of drug-likeness (QED) is 0.451. The molecule has 0 atom stereocenters. The molecule has 4 heterocycles. The van der Waals surface area contributed by atoms with Crippen molar-refractivity contribution in [2.45, 2.75) is 38.6 Å². The van der Waals surface area contributed by atoms with Crippen molar-refractivity contribution in [3.8, 4) is 0 Å². The first-order valence-electron chi connectivity index (χ1n) is 11.7. The van der Waals surface area contributed by atoms with E-state index in [0.29, 0.717) is 24.6 Å². The normalized spacial score (nSPS) is 16.8. The lowest BCUT2D eigenvalue weighted by atomic mass is 10.0. The molecule has 1 aromatic carbocycles. The van der Waals surface area contributed by atoms with E-state index in [1.165, 1.54) is 50.3 Å². The second-order valence-corrected chi connectivity index (χ2v) is 10.3. The van der Waals surface area contributed by atoms with E-state index in [2.05, 4.69) is 20.2 Å². The lowest BCUT2D eigenvalue weighted by molar-refractivity contribution is -0.126. The number of amides is 1. The highest BCUT2D eigenvalue weighted by Gasteiger charge is 2.25. The first kappa shape index (κ1) is 23.2. The van der Waals surface area contributed by atoms with Crippen molar-refractivity contribution in [3.63, 3.8) is 0 Å². The van der Waals surface area contributed by atoms with Crippen LogP contribution in [0.3, 0.4) is 0 Å².